The van der Waals surface area contributed by atoms with Crippen LogP contribution in [0.25, 0.3) is 0 Å². The third kappa shape index (κ3) is 4.83. The zero-order valence-corrected chi connectivity index (χ0v) is 15.1. The fourth-order valence-electron chi connectivity index (χ4n) is 3.47. The smallest absolute Gasteiger partial charge is 0.311 e. The summed E-state index contributed by atoms with van der Waals surface area (Å²) in [5, 5.41) is 0. The summed E-state index contributed by atoms with van der Waals surface area (Å²) < 4.78 is 5.89. The summed E-state index contributed by atoms with van der Waals surface area (Å²) in [6.07, 6.45) is 9.97. The molecule has 0 radical (unpaired) electrons. The van der Waals surface area contributed by atoms with Crippen molar-refractivity contribution in [2.45, 2.75) is 77.5 Å². The fourth-order valence-corrected chi connectivity index (χ4v) is 3.47. The number of hydrogen-bond donors (Lipinski definition) is 0. The molecule has 1 heterocycles. The fraction of sp³-hybridized carbons (Fsp3) is 0.684. The first-order chi connectivity index (χ1) is 10.9. The average Bonchev–Trinajstić information content (AvgIpc) is 2.95. The molecule has 23 heavy (non-hydrogen) atoms. The van der Waals surface area contributed by atoms with Crippen LogP contribution in [0.3, 0.4) is 0 Å². The molecule has 0 N–H and O–H groups in total. The van der Waals surface area contributed by atoms with Crippen molar-refractivity contribution < 1.29 is 9.53 Å². The maximum atomic E-state index is 12.6. The third-order valence-electron chi connectivity index (χ3n) is 5.34. The van der Waals surface area contributed by atoms with Gasteiger partial charge in [0.2, 0.25) is 0 Å². The number of rotatable bonds is 7. The maximum absolute atomic E-state index is 12.6. The molecule has 1 aliphatic rings. The van der Waals surface area contributed by atoms with Crippen LogP contribution in [0.5, 0.6) is 0 Å². The van der Waals surface area contributed by atoms with E-state index in [2.05, 4.69) is 31.0 Å². The zero-order chi connectivity index (χ0) is 16.9. The lowest BCUT2D eigenvalue weighted by Gasteiger charge is -2.31. The molecule has 0 aliphatic heterocycles. The Morgan fingerprint density at radius 2 is 1.96 bits per heavy atom. The Labute approximate surface area is 141 Å². The average molecular weight is 315 g/mol. The van der Waals surface area contributed by atoms with Gasteiger partial charge in [-0.3, -0.25) is 9.78 Å². The number of pyridine rings is 1. The first-order valence-electron chi connectivity index (χ1n) is 9.00. The van der Waals surface area contributed by atoms with Gasteiger partial charge in [0.05, 0.1) is 5.41 Å². The molecule has 1 saturated carbocycles. The van der Waals surface area contributed by atoms with E-state index in [0.717, 1.165) is 32.9 Å². The van der Waals surface area contributed by atoms with Gasteiger partial charge in [0, 0.05) is 12.4 Å². The number of carbonyl (C=O) groups is 1. The second-order valence-electron chi connectivity index (χ2n) is 7.85. The molecule has 0 bridgehead atoms. The van der Waals surface area contributed by atoms with Gasteiger partial charge in [0.1, 0.15) is 12.9 Å². The molecule has 0 spiro atoms. The van der Waals surface area contributed by atoms with Crippen LogP contribution in [0.15, 0.2) is 24.5 Å². The molecule has 1 atom stereocenters. The predicted molar refractivity (Wildman–Crippen MR) is 96.0 cm³/mol. The van der Waals surface area contributed by atoms with E-state index < -0.39 is 5.41 Å². The van der Waals surface area contributed by atoms with E-state index in [9.17, 15) is 4.79 Å². The Balaban J connectivity index is 1.93. The second kappa shape index (κ2) is 7.50. The SMILES string of the molecule is CCC(BCC(C)(C)C(=O)OC1(C)CCCC1)c1ccncc1. The Bertz CT molecular complexity index is 509. The highest BCUT2D eigenvalue weighted by atomic mass is 16.6. The summed E-state index contributed by atoms with van der Waals surface area (Å²) in [5.74, 6) is 0.443. The number of carbonyl (C=O) groups excluding carboxylic acids is 1. The van der Waals surface area contributed by atoms with Crippen molar-refractivity contribution in [2.75, 3.05) is 0 Å². The molecule has 1 unspecified atom stereocenters. The van der Waals surface area contributed by atoms with Gasteiger partial charge in [-0.1, -0.05) is 33.5 Å². The van der Waals surface area contributed by atoms with Crippen molar-refractivity contribution in [3.8, 4) is 0 Å². The van der Waals surface area contributed by atoms with E-state index in [0.29, 0.717) is 5.82 Å². The molecular weight excluding hydrogens is 285 g/mol. The van der Waals surface area contributed by atoms with Gasteiger partial charge in [-0.05, 0) is 56.1 Å². The van der Waals surface area contributed by atoms with Crippen LogP contribution in [0.4, 0.5) is 0 Å². The quantitative estimate of drug-likeness (QED) is 0.556. The summed E-state index contributed by atoms with van der Waals surface area (Å²) in [6, 6.07) is 4.16. The molecule has 2 rings (SSSR count). The minimum Gasteiger partial charge on any atom is -0.459 e. The largest absolute Gasteiger partial charge is 0.459 e. The van der Waals surface area contributed by atoms with E-state index >= 15 is 0 Å². The summed E-state index contributed by atoms with van der Waals surface area (Å²) in [6.45, 7) is 8.33. The van der Waals surface area contributed by atoms with Crippen molar-refractivity contribution in [3.05, 3.63) is 30.1 Å². The van der Waals surface area contributed by atoms with Crippen molar-refractivity contribution in [1.29, 1.82) is 0 Å². The lowest BCUT2D eigenvalue weighted by molar-refractivity contribution is -0.167. The van der Waals surface area contributed by atoms with Gasteiger partial charge in [-0.25, -0.2) is 0 Å². The molecule has 0 aromatic carbocycles. The van der Waals surface area contributed by atoms with E-state index in [4.69, 9.17) is 4.74 Å². The molecule has 0 amide bonds. The highest BCUT2D eigenvalue weighted by molar-refractivity contribution is 6.38. The van der Waals surface area contributed by atoms with Gasteiger partial charge in [0.15, 0.2) is 0 Å². The molecule has 1 aliphatic carbocycles. The molecule has 1 aromatic heterocycles. The monoisotopic (exact) mass is 315 g/mol. The topological polar surface area (TPSA) is 39.2 Å². The lowest BCUT2D eigenvalue weighted by atomic mass is 9.53. The van der Waals surface area contributed by atoms with Crippen LogP contribution >= 0.6 is 0 Å². The maximum Gasteiger partial charge on any atom is 0.311 e. The standard InChI is InChI=1S/C19H30BNO2/c1-5-16(15-8-12-21-13-9-15)20-14-18(2,3)17(22)23-19(4)10-6-7-11-19/h8-9,12-13,16,20H,5-7,10-11,14H2,1-4H3. The molecule has 1 aromatic rings. The van der Waals surface area contributed by atoms with Gasteiger partial charge in [0.25, 0.3) is 0 Å². The van der Waals surface area contributed by atoms with E-state index in [-0.39, 0.29) is 11.6 Å². The molecular formula is C19H30BNO2. The van der Waals surface area contributed by atoms with Gasteiger partial charge < -0.3 is 4.74 Å². The van der Waals surface area contributed by atoms with Crippen molar-refractivity contribution in [3.63, 3.8) is 0 Å². The number of nitrogens with zero attached hydrogens (tertiary/aromatic N) is 1. The van der Waals surface area contributed by atoms with Gasteiger partial charge in [-0.15, -0.1) is 0 Å². The number of esters is 1. The second-order valence-corrected chi connectivity index (χ2v) is 7.85. The van der Waals surface area contributed by atoms with Gasteiger partial charge in [-0.2, -0.15) is 0 Å². The third-order valence-corrected chi connectivity index (χ3v) is 5.34. The number of hydrogen-bond acceptors (Lipinski definition) is 3. The summed E-state index contributed by atoms with van der Waals surface area (Å²) in [7, 11) is 0.999. The van der Waals surface area contributed by atoms with Crippen LogP contribution in [-0.2, 0) is 9.53 Å². The van der Waals surface area contributed by atoms with Crippen molar-refractivity contribution in [1.82, 2.24) is 4.98 Å². The van der Waals surface area contributed by atoms with Crippen LogP contribution in [0, 0.1) is 5.41 Å². The predicted octanol–water partition coefficient (Wildman–Crippen LogP) is 4.29. The normalized spacial score (nSPS) is 18.4. The van der Waals surface area contributed by atoms with Crippen LogP contribution in [-0.4, -0.2) is 23.8 Å². The molecule has 1 fully saturated rings. The summed E-state index contributed by atoms with van der Waals surface area (Å²) >= 11 is 0. The van der Waals surface area contributed by atoms with Gasteiger partial charge >= 0.3 is 5.97 Å². The number of ether oxygens (including phenoxy) is 1. The first kappa shape index (κ1) is 18.0. The summed E-state index contributed by atoms with van der Waals surface area (Å²) in [5.41, 5.74) is 0.657. The van der Waals surface area contributed by atoms with Crippen LogP contribution in [0.2, 0.25) is 6.32 Å². The molecule has 126 valence electrons. The number of aromatic nitrogens is 1. The molecule has 4 heteroatoms. The highest BCUT2D eigenvalue weighted by Crippen LogP contribution is 2.36. The Hall–Kier alpha value is -1.32. The van der Waals surface area contributed by atoms with E-state index in [1.807, 2.05) is 26.2 Å². The Kier molecular flexibility index (Phi) is 5.88. The Morgan fingerprint density at radius 3 is 2.52 bits per heavy atom. The van der Waals surface area contributed by atoms with E-state index in [1.54, 1.807) is 0 Å². The highest BCUT2D eigenvalue weighted by Gasteiger charge is 2.38. The summed E-state index contributed by atoms with van der Waals surface area (Å²) in [4.78, 5) is 16.7. The lowest BCUT2D eigenvalue weighted by Crippen LogP contribution is -2.36. The van der Waals surface area contributed by atoms with Crippen molar-refractivity contribution >= 4 is 13.2 Å². The minimum atomic E-state index is -0.425. The van der Waals surface area contributed by atoms with Crippen molar-refractivity contribution in [2.24, 2.45) is 5.41 Å². The zero-order valence-electron chi connectivity index (χ0n) is 15.1. The van der Waals surface area contributed by atoms with Crippen LogP contribution in [0.1, 0.15) is 71.2 Å². The Morgan fingerprint density at radius 1 is 1.35 bits per heavy atom. The van der Waals surface area contributed by atoms with E-state index in [1.165, 1.54) is 18.4 Å². The molecule has 3 nitrogen and oxygen atoms in total. The minimum absolute atomic E-state index is 0.0357. The van der Waals surface area contributed by atoms with Crippen LogP contribution < -0.4 is 0 Å². The first-order valence-corrected chi connectivity index (χ1v) is 9.00. The molecule has 0 saturated heterocycles.